The summed E-state index contributed by atoms with van der Waals surface area (Å²) in [6, 6.07) is 5.70. The van der Waals surface area contributed by atoms with Crippen molar-refractivity contribution in [3.05, 3.63) is 55.4 Å². The van der Waals surface area contributed by atoms with Gasteiger partial charge in [-0.05, 0) is 33.6 Å². The maximum absolute atomic E-state index is 12.4. The minimum atomic E-state index is -0.389. The van der Waals surface area contributed by atoms with E-state index < -0.39 is 0 Å². The zero-order chi connectivity index (χ0) is 16.7. The smallest absolute Gasteiger partial charge is 0.332 e. The summed E-state index contributed by atoms with van der Waals surface area (Å²) in [6.07, 6.45) is 1.57. The first-order chi connectivity index (χ1) is 10.9. The van der Waals surface area contributed by atoms with Gasteiger partial charge in [0.15, 0.2) is 11.2 Å². The third kappa shape index (κ3) is 2.48. The molecule has 0 aliphatic carbocycles. The van der Waals surface area contributed by atoms with Gasteiger partial charge in [-0.3, -0.25) is 13.9 Å². The number of aromatic nitrogens is 4. The van der Waals surface area contributed by atoms with Gasteiger partial charge in [0.05, 0.1) is 17.9 Å². The Labute approximate surface area is 139 Å². The Kier molecular flexibility index (Phi) is 3.85. The second-order valence-corrected chi connectivity index (χ2v) is 6.07. The molecular weight excluding hydrogens is 364 g/mol. The molecule has 0 spiro atoms. The maximum Gasteiger partial charge on any atom is 0.332 e. The molecule has 0 saturated carbocycles. The predicted molar refractivity (Wildman–Crippen MR) is 90.0 cm³/mol. The minimum absolute atomic E-state index is 0.354. The van der Waals surface area contributed by atoms with Crippen molar-refractivity contribution < 1.29 is 4.74 Å². The number of imidazole rings is 1. The molecule has 120 valence electrons. The van der Waals surface area contributed by atoms with Crippen LogP contribution in [0.3, 0.4) is 0 Å². The lowest BCUT2D eigenvalue weighted by molar-refractivity contribution is 0.412. The van der Waals surface area contributed by atoms with Crippen molar-refractivity contribution in [3.63, 3.8) is 0 Å². The van der Waals surface area contributed by atoms with Crippen molar-refractivity contribution in [3.8, 4) is 5.75 Å². The fraction of sp³-hybridized carbons (Fsp3) is 0.267. The molecule has 0 amide bonds. The second kappa shape index (κ2) is 5.69. The quantitative estimate of drug-likeness (QED) is 0.687. The monoisotopic (exact) mass is 378 g/mol. The van der Waals surface area contributed by atoms with Crippen LogP contribution in [0.1, 0.15) is 5.56 Å². The van der Waals surface area contributed by atoms with Crippen LogP contribution in [-0.2, 0) is 20.6 Å². The Bertz CT molecular complexity index is 1020. The Morgan fingerprint density at radius 2 is 1.96 bits per heavy atom. The first kappa shape index (κ1) is 15.5. The molecule has 0 unspecified atom stereocenters. The van der Waals surface area contributed by atoms with Crippen molar-refractivity contribution in [2.75, 3.05) is 7.11 Å². The number of fused-ring (bicyclic) bond motifs is 1. The highest BCUT2D eigenvalue weighted by atomic mass is 79.9. The molecule has 0 bridgehead atoms. The van der Waals surface area contributed by atoms with Gasteiger partial charge in [-0.2, -0.15) is 0 Å². The molecule has 2 aromatic heterocycles. The SMILES string of the molecule is COc1ccc(Cn2cnc3c2c(=O)n(C)c(=O)n3C)cc1Br. The Morgan fingerprint density at radius 3 is 2.61 bits per heavy atom. The molecule has 23 heavy (non-hydrogen) atoms. The summed E-state index contributed by atoms with van der Waals surface area (Å²) in [5.74, 6) is 0.738. The first-order valence-electron chi connectivity index (χ1n) is 6.87. The van der Waals surface area contributed by atoms with Crippen molar-refractivity contribution >= 4 is 27.1 Å². The van der Waals surface area contributed by atoms with Gasteiger partial charge in [-0.15, -0.1) is 0 Å². The van der Waals surface area contributed by atoms with E-state index in [1.807, 2.05) is 18.2 Å². The van der Waals surface area contributed by atoms with E-state index >= 15 is 0 Å². The van der Waals surface area contributed by atoms with Gasteiger partial charge in [0.2, 0.25) is 0 Å². The lowest BCUT2D eigenvalue weighted by Gasteiger charge is -2.09. The van der Waals surface area contributed by atoms with Crippen LogP contribution in [0, 0.1) is 0 Å². The molecule has 1 aromatic carbocycles. The Morgan fingerprint density at radius 1 is 1.22 bits per heavy atom. The lowest BCUT2D eigenvalue weighted by Crippen LogP contribution is -2.37. The van der Waals surface area contributed by atoms with Gasteiger partial charge < -0.3 is 9.30 Å². The van der Waals surface area contributed by atoms with E-state index in [9.17, 15) is 9.59 Å². The molecule has 0 fully saturated rings. The molecule has 3 rings (SSSR count). The van der Waals surface area contributed by atoms with Gasteiger partial charge in [0.25, 0.3) is 5.56 Å². The number of ether oxygens (including phenoxy) is 1. The molecule has 0 saturated heterocycles. The number of methoxy groups -OCH3 is 1. The van der Waals surface area contributed by atoms with Crippen LogP contribution in [0.5, 0.6) is 5.75 Å². The molecule has 0 radical (unpaired) electrons. The lowest BCUT2D eigenvalue weighted by atomic mass is 10.2. The molecule has 0 aliphatic heterocycles. The summed E-state index contributed by atoms with van der Waals surface area (Å²) in [5, 5.41) is 0. The summed E-state index contributed by atoms with van der Waals surface area (Å²) in [6.45, 7) is 0.465. The van der Waals surface area contributed by atoms with Crippen LogP contribution >= 0.6 is 15.9 Å². The fourth-order valence-corrected chi connectivity index (χ4v) is 3.11. The van der Waals surface area contributed by atoms with E-state index in [-0.39, 0.29) is 11.2 Å². The average molecular weight is 379 g/mol. The Balaban J connectivity index is 2.13. The number of benzene rings is 1. The number of nitrogens with zero attached hydrogens (tertiary/aromatic N) is 4. The number of halogens is 1. The van der Waals surface area contributed by atoms with E-state index in [1.165, 1.54) is 11.6 Å². The molecule has 0 N–H and O–H groups in total. The van der Waals surface area contributed by atoms with Crippen LogP contribution in [0.25, 0.3) is 11.2 Å². The highest BCUT2D eigenvalue weighted by Gasteiger charge is 2.14. The number of aryl methyl sites for hydroxylation is 1. The normalized spacial score (nSPS) is 11.1. The summed E-state index contributed by atoms with van der Waals surface area (Å²) >= 11 is 3.45. The Hall–Kier alpha value is -2.35. The maximum atomic E-state index is 12.4. The van der Waals surface area contributed by atoms with Crippen LogP contribution in [0.15, 0.2) is 38.6 Å². The molecule has 8 heteroatoms. The van der Waals surface area contributed by atoms with Gasteiger partial charge in [-0.1, -0.05) is 6.07 Å². The predicted octanol–water partition coefficient (Wildman–Crippen LogP) is 1.25. The summed E-state index contributed by atoms with van der Waals surface area (Å²) in [7, 11) is 4.67. The molecular formula is C15H15BrN4O3. The molecule has 3 aromatic rings. The second-order valence-electron chi connectivity index (χ2n) is 5.22. The van der Waals surface area contributed by atoms with Crippen LogP contribution in [0.2, 0.25) is 0 Å². The topological polar surface area (TPSA) is 71.1 Å². The molecule has 2 heterocycles. The largest absolute Gasteiger partial charge is 0.496 e. The highest BCUT2D eigenvalue weighted by Crippen LogP contribution is 2.26. The van der Waals surface area contributed by atoms with E-state index in [0.717, 1.165) is 20.4 Å². The molecule has 0 atom stereocenters. The van der Waals surface area contributed by atoms with Gasteiger partial charge >= 0.3 is 5.69 Å². The zero-order valence-corrected chi connectivity index (χ0v) is 14.5. The van der Waals surface area contributed by atoms with Crippen LogP contribution < -0.4 is 16.0 Å². The zero-order valence-electron chi connectivity index (χ0n) is 12.9. The van der Waals surface area contributed by atoms with Crippen LogP contribution in [0.4, 0.5) is 0 Å². The fourth-order valence-electron chi connectivity index (χ4n) is 2.52. The first-order valence-corrected chi connectivity index (χ1v) is 7.66. The summed E-state index contributed by atoms with van der Waals surface area (Å²) < 4.78 is 10.2. The van der Waals surface area contributed by atoms with Crippen molar-refractivity contribution in [2.45, 2.75) is 6.54 Å². The summed E-state index contributed by atoms with van der Waals surface area (Å²) in [4.78, 5) is 28.6. The summed E-state index contributed by atoms with van der Waals surface area (Å²) in [5.41, 5.74) is 1.02. The van der Waals surface area contributed by atoms with Crippen molar-refractivity contribution in [2.24, 2.45) is 14.1 Å². The molecule has 0 aliphatic rings. The number of hydrogen-bond acceptors (Lipinski definition) is 4. The number of rotatable bonds is 3. The number of hydrogen-bond donors (Lipinski definition) is 0. The average Bonchev–Trinajstić information content (AvgIpc) is 2.95. The highest BCUT2D eigenvalue weighted by molar-refractivity contribution is 9.10. The van der Waals surface area contributed by atoms with E-state index in [4.69, 9.17) is 4.74 Å². The van der Waals surface area contributed by atoms with Crippen molar-refractivity contribution in [1.82, 2.24) is 18.7 Å². The van der Waals surface area contributed by atoms with Crippen LogP contribution in [-0.4, -0.2) is 25.8 Å². The third-order valence-corrected chi connectivity index (χ3v) is 4.41. The van der Waals surface area contributed by atoms with E-state index in [1.54, 1.807) is 25.1 Å². The standard InChI is InChI=1S/C15H15BrN4O3/c1-18-13-12(14(21)19(2)15(18)22)20(8-17-13)7-9-4-5-11(23-3)10(16)6-9/h4-6,8H,7H2,1-3H3. The van der Waals surface area contributed by atoms with Gasteiger partial charge in [0.1, 0.15) is 5.75 Å². The third-order valence-electron chi connectivity index (χ3n) is 3.79. The van der Waals surface area contributed by atoms with E-state index in [0.29, 0.717) is 17.7 Å². The molecule has 7 nitrogen and oxygen atoms in total. The van der Waals surface area contributed by atoms with Crippen molar-refractivity contribution in [1.29, 1.82) is 0 Å². The van der Waals surface area contributed by atoms with Gasteiger partial charge in [0, 0.05) is 20.6 Å². The van der Waals surface area contributed by atoms with E-state index in [2.05, 4.69) is 20.9 Å². The van der Waals surface area contributed by atoms with Gasteiger partial charge in [-0.25, -0.2) is 9.78 Å². The minimum Gasteiger partial charge on any atom is -0.496 e.